The van der Waals surface area contributed by atoms with Crippen molar-refractivity contribution < 1.29 is 13.5 Å². The average molecular weight is 559 g/mol. The number of nitrogens with zero attached hydrogens (tertiary/aromatic N) is 2. The maximum atomic E-state index is 14.1. The summed E-state index contributed by atoms with van der Waals surface area (Å²) in [6.45, 7) is 5.80. The summed E-state index contributed by atoms with van der Waals surface area (Å²) in [5.74, 6) is -0.353. The van der Waals surface area contributed by atoms with Crippen LogP contribution >= 0.6 is 24.0 Å². The van der Waals surface area contributed by atoms with E-state index in [1.807, 2.05) is 31.2 Å². The molecule has 2 aromatic rings. The minimum Gasteiger partial charge on any atom is -0.383 e. The Hall–Kier alpha value is -2.14. The van der Waals surface area contributed by atoms with Crippen molar-refractivity contribution in [1.82, 2.24) is 10.6 Å². The topological polar surface area (TPSA) is 60.9 Å². The molecule has 6 nitrogen and oxygen atoms in total. The van der Waals surface area contributed by atoms with Crippen molar-refractivity contribution in [2.24, 2.45) is 4.99 Å². The van der Waals surface area contributed by atoms with Gasteiger partial charge in [-0.15, -0.1) is 24.0 Å². The number of guanidine groups is 1. The molecule has 0 radical (unpaired) electrons. The molecule has 3 rings (SSSR count). The molecule has 1 fully saturated rings. The first-order valence-corrected chi connectivity index (χ1v) is 10.7. The SMILES string of the molecule is CCNC(=NCc1ccc(NCCOC)cc1)NC1CCN(c2c(F)cccc2F)C1.I. The first-order chi connectivity index (χ1) is 15.1. The van der Waals surface area contributed by atoms with E-state index in [9.17, 15) is 8.78 Å². The number of hydrogen-bond acceptors (Lipinski definition) is 4. The van der Waals surface area contributed by atoms with Gasteiger partial charge in [-0.3, -0.25) is 0 Å². The molecule has 32 heavy (non-hydrogen) atoms. The Morgan fingerprint density at radius 3 is 2.53 bits per heavy atom. The van der Waals surface area contributed by atoms with Crippen molar-refractivity contribution in [3.63, 3.8) is 0 Å². The van der Waals surface area contributed by atoms with Gasteiger partial charge < -0.3 is 25.6 Å². The minimum atomic E-state index is -0.526. The molecular formula is C23H32F2IN5O. The Kier molecular flexibility index (Phi) is 10.9. The Morgan fingerprint density at radius 2 is 1.88 bits per heavy atom. The highest BCUT2D eigenvalue weighted by Crippen LogP contribution is 2.26. The number of benzene rings is 2. The lowest BCUT2D eigenvalue weighted by atomic mass is 10.2. The zero-order chi connectivity index (χ0) is 22.1. The summed E-state index contributed by atoms with van der Waals surface area (Å²) in [7, 11) is 1.68. The summed E-state index contributed by atoms with van der Waals surface area (Å²) in [5.41, 5.74) is 2.19. The van der Waals surface area contributed by atoms with Crippen molar-refractivity contribution >= 4 is 41.3 Å². The van der Waals surface area contributed by atoms with E-state index in [2.05, 4.69) is 20.9 Å². The van der Waals surface area contributed by atoms with E-state index >= 15 is 0 Å². The number of hydrogen-bond donors (Lipinski definition) is 3. The van der Waals surface area contributed by atoms with Gasteiger partial charge in [-0.1, -0.05) is 18.2 Å². The fraction of sp³-hybridized carbons (Fsp3) is 0.435. The number of methoxy groups -OCH3 is 1. The summed E-state index contributed by atoms with van der Waals surface area (Å²) < 4.78 is 33.2. The molecule has 176 valence electrons. The lowest BCUT2D eigenvalue weighted by Gasteiger charge is -2.21. The van der Waals surface area contributed by atoms with Gasteiger partial charge in [0.15, 0.2) is 5.96 Å². The van der Waals surface area contributed by atoms with Gasteiger partial charge in [-0.05, 0) is 43.2 Å². The highest BCUT2D eigenvalue weighted by molar-refractivity contribution is 14.0. The third-order valence-electron chi connectivity index (χ3n) is 5.14. The fourth-order valence-electron chi connectivity index (χ4n) is 3.58. The van der Waals surface area contributed by atoms with E-state index in [1.54, 1.807) is 12.0 Å². The molecule has 1 aliphatic heterocycles. The first kappa shape index (κ1) is 26.1. The van der Waals surface area contributed by atoms with Crippen LogP contribution < -0.4 is 20.9 Å². The van der Waals surface area contributed by atoms with Gasteiger partial charge in [0.25, 0.3) is 0 Å². The van der Waals surface area contributed by atoms with Crippen LogP contribution in [-0.4, -0.2) is 51.9 Å². The molecule has 0 aromatic heterocycles. The second-order valence-electron chi connectivity index (χ2n) is 7.46. The molecule has 1 saturated heterocycles. The zero-order valence-electron chi connectivity index (χ0n) is 18.5. The number of rotatable bonds is 9. The Bertz CT molecular complexity index is 846. The highest BCUT2D eigenvalue weighted by Gasteiger charge is 2.27. The average Bonchev–Trinajstić information content (AvgIpc) is 3.21. The number of ether oxygens (including phenoxy) is 1. The van der Waals surface area contributed by atoms with Gasteiger partial charge in [0.05, 0.1) is 13.2 Å². The molecule has 0 saturated carbocycles. The highest BCUT2D eigenvalue weighted by atomic mass is 127. The smallest absolute Gasteiger partial charge is 0.191 e. The van der Waals surface area contributed by atoms with Gasteiger partial charge in [0, 0.05) is 45.0 Å². The number of nitrogens with one attached hydrogen (secondary N) is 3. The molecule has 1 aliphatic rings. The summed E-state index contributed by atoms with van der Waals surface area (Å²) in [5, 5.41) is 9.93. The molecule has 1 heterocycles. The summed E-state index contributed by atoms with van der Waals surface area (Å²) in [6.07, 6.45) is 0.778. The van der Waals surface area contributed by atoms with Crippen LogP contribution in [0.25, 0.3) is 0 Å². The molecule has 1 unspecified atom stereocenters. The van der Waals surface area contributed by atoms with E-state index in [0.29, 0.717) is 32.2 Å². The molecule has 0 bridgehead atoms. The second-order valence-corrected chi connectivity index (χ2v) is 7.46. The maximum absolute atomic E-state index is 14.1. The molecule has 0 aliphatic carbocycles. The van der Waals surface area contributed by atoms with Gasteiger partial charge in [-0.25, -0.2) is 13.8 Å². The van der Waals surface area contributed by atoms with E-state index in [1.165, 1.54) is 18.2 Å². The Morgan fingerprint density at radius 1 is 1.16 bits per heavy atom. The number of para-hydroxylation sites is 1. The molecule has 0 amide bonds. The molecular weight excluding hydrogens is 527 g/mol. The normalized spacial score (nSPS) is 15.9. The van der Waals surface area contributed by atoms with Gasteiger partial charge >= 0.3 is 0 Å². The Balaban J connectivity index is 0.00000363. The number of anilines is 2. The van der Waals surface area contributed by atoms with Crippen LogP contribution in [0.1, 0.15) is 18.9 Å². The zero-order valence-corrected chi connectivity index (χ0v) is 20.9. The minimum absolute atomic E-state index is 0. The van der Waals surface area contributed by atoms with E-state index in [4.69, 9.17) is 4.74 Å². The number of aliphatic imine (C=N–C) groups is 1. The molecule has 3 N–H and O–H groups in total. The van der Waals surface area contributed by atoms with E-state index in [-0.39, 0.29) is 35.7 Å². The summed E-state index contributed by atoms with van der Waals surface area (Å²) in [4.78, 5) is 6.42. The summed E-state index contributed by atoms with van der Waals surface area (Å²) in [6, 6.07) is 12.2. The molecule has 9 heteroatoms. The summed E-state index contributed by atoms with van der Waals surface area (Å²) >= 11 is 0. The molecule has 0 spiro atoms. The fourth-order valence-corrected chi connectivity index (χ4v) is 3.58. The van der Waals surface area contributed by atoms with Crippen LogP contribution in [0.15, 0.2) is 47.5 Å². The van der Waals surface area contributed by atoms with Crippen molar-refractivity contribution in [1.29, 1.82) is 0 Å². The third-order valence-corrected chi connectivity index (χ3v) is 5.14. The second kappa shape index (κ2) is 13.4. The first-order valence-electron chi connectivity index (χ1n) is 10.7. The van der Waals surface area contributed by atoms with Crippen molar-refractivity contribution in [2.75, 3.05) is 50.1 Å². The van der Waals surface area contributed by atoms with Crippen LogP contribution in [0.5, 0.6) is 0 Å². The van der Waals surface area contributed by atoms with Crippen molar-refractivity contribution in [3.8, 4) is 0 Å². The van der Waals surface area contributed by atoms with Crippen LogP contribution in [0.2, 0.25) is 0 Å². The van der Waals surface area contributed by atoms with E-state index < -0.39 is 11.6 Å². The quantitative estimate of drug-likeness (QED) is 0.188. The lowest BCUT2D eigenvalue weighted by molar-refractivity contribution is 0.211. The van der Waals surface area contributed by atoms with Gasteiger partial charge in [-0.2, -0.15) is 0 Å². The maximum Gasteiger partial charge on any atom is 0.191 e. The van der Waals surface area contributed by atoms with Crippen molar-refractivity contribution in [3.05, 3.63) is 59.7 Å². The van der Waals surface area contributed by atoms with E-state index in [0.717, 1.165) is 30.8 Å². The standard InChI is InChI=1S/C23H31F2N5O.HI/c1-3-26-23(28-15-17-7-9-18(10-8-17)27-12-14-31-2)29-19-11-13-30(16-19)22-20(24)5-4-6-21(22)25;/h4-10,19,27H,3,11-16H2,1-2H3,(H2,26,28,29);1H. The van der Waals surface area contributed by atoms with Gasteiger partial charge in [0.2, 0.25) is 0 Å². The number of halogens is 3. The lowest BCUT2D eigenvalue weighted by Crippen LogP contribution is -2.44. The molecule has 2 aromatic carbocycles. The van der Waals surface area contributed by atoms with Crippen LogP contribution in [0.3, 0.4) is 0 Å². The monoisotopic (exact) mass is 559 g/mol. The third kappa shape index (κ3) is 7.47. The largest absolute Gasteiger partial charge is 0.383 e. The van der Waals surface area contributed by atoms with Crippen LogP contribution in [0.4, 0.5) is 20.2 Å². The predicted molar refractivity (Wildman–Crippen MR) is 137 cm³/mol. The van der Waals surface area contributed by atoms with Crippen molar-refractivity contribution in [2.45, 2.75) is 25.9 Å². The Labute approximate surface area is 205 Å². The molecule has 1 atom stereocenters. The predicted octanol–water partition coefficient (Wildman–Crippen LogP) is 3.98. The van der Waals surface area contributed by atoms with Gasteiger partial charge in [0.1, 0.15) is 17.3 Å². The van der Waals surface area contributed by atoms with Crippen LogP contribution in [-0.2, 0) is 11.3 Å². The van der Waals surface area contributed by atoms with Crippen LogP contribution in [0, 0.1) is 11.6 Å².